The maximum atomic E-state index is 13.3. The van der Waals surface area contributed by atoms with Crippen LogP contribution >= 0.6 is 15.9 Å². The van der Waals surface area contributed by atoms with Gasteiger partial charge in [-0.15, -0.1) is 0 Å². The lowest BCUT2D eigenvalue weighted by Gasteiger charge is -2.22. The number of Topliss-reactive ketones (excluding diaryl/α,β-unsaturated/α-hetero) is 1. The smallest absolute Gasteiger partial charge is 0.138 e. The van der Waals surface area contributed by atoms with Crippen LogP contribution < -0.4 is 5.73 Å². The summed E-state index contributed by atoms with van der Waals surface area (Å²) in [5.41, 5.74) is 6.76. The highest BCUT2D eigenvalue weighted by Gasteiger charge is 2.19. The average molecular weight is 330 g/mol. The van der Waals surface area contributed by atoms with Crippen molar-refractivity contribution in [1.82, 2.24) is 0 Å². The van der Waals surface area contributed by atoms with Gasteiger partial charge in [-0.2, -0.15) is 0 Å². The lowest BCUT2D eigenvalue weighted by atomic mass is 9.86. The van der Waals surface area contributed by atoms with Gasteiger partial charge in [-0.1, -0.05) is 32.9 Å². The maximum absolute atomic E-state index is 13.3. The van der Waals surface area contributed by atoms with Crippen molar-refractivity contribution in [3.63, 3.8) is 0 Å². The molecule has 1 atom stereocenters. The highest BCUT2D eigenvalue weighted by atomic mass is 79.9. The van der Waals surface area contributed by atoms with Crippen molar-refractivity contribution in [3.8, 4) is 0 Å². The summed E-state index contributed by atoms with van der Waals surface area (Å²) in [6.07, 6.45) is 1.35. The highest BCUT2D eigenvalue weighted by molar-refractivity contribution is 9.10. The van der Waals surface area contributed by atoms with Crippen molar-refractivity contribution in [2.75, 3.05) is 0 Å². The number of benzene rings is 1. The average Bonchev–Trinajstić information content (AvgIpc) is 2.21. The minimum Gasteiger partial charge on any atom is -0.327 e. The van der Waals surface area contributed by atoms with E-state index in [9.17, 15) is 9.18 Å². The largest absolute Gasteiger partial charge is 0.327 e. The summed E-state index contributed by atoms with van der Waals surface area (Å²) < 4.78 is 13.7. The predicted molar refractivity (Wildman–Crippen MR) is 79.5 cm³/mol. The second-order valence-corrected chi connectivity index (χ2v) is 6.95. The van der Waals surface area contributed by atoms with E-state index in [1.807, 2.05) is 0 Å². The quantitative estimate of drug-likeness (QED) is 0.891. The summed E-state index contributed by atoms with van der Waals surface area (Å²) >= 11 is 3.17. The molecular weight excluding hydrogens is 309 g/mol. The lowest BCUT2D eigenvalue weighted by Crippen LogP contribution is -2.29. The monoisotopic (exact) mass is 329 g/mol. The van der Waals surface area contributed by atoms with Gasteiger partial charge in [0.15, 0.2) is 0 Å². The third kappa shape index (κ3) is 5.83. The Balaban J connectivity index is 2.58. The Morgan fingerprint density at radius 2 is 2.05 bits per heavy atom. The Kier molecular flexibility index (Phi) is 5.68. The van der Waals surface area contributed by atoms with Crippen LogP contribution in [0, 0.1) is 11.2 Å². The number of hydrogen-bond donors (Lipinski definition) is 1. The van der Waals surface area contributed by atoms with Crippen LogP contribution in [0.2, 0.25) is 0 Å². The van der Waals surface area contributed by atoms with E-state index in [0.717, 1.165) is 6.42 Å². The molecule has 0 saturated heterocycles. The van der Waals surface area contributed by atoms with Gasteiger partial charge in [0.2, 0.25) is 0 Å². The number of carbonyl (C=O) groups is 1. The molecule has 2 N–H and O–H groups in total. The third-order valence-electron chi connectivity index (χ3n) is 2.78. The Bertz CT molecular complexity index is 454. The lowest BCUT2D eigenvalue weighted by molar-refractivity contribution is -0.118. The number of nitrogens with two attached hydrogens (primary N) is 1. The molecule has 1 aromatic rings. The molecule has 0 aliphatic rings. The first-order valence-corrected chi connectivity index (χ1v) is 7.18. The van der Waals surface area contributed by atoms with E-state index in [0.29, 0.717) is 16.5 Å². The summed E-state index contributed by atoms with van der Waals surface area (Å²) in [7, 11) is 0. The molecule has 1 aromatic carbocycles. The van der Waals surface area contributed by atoms with Gasteiger partial charge in [-0.3, -0.25) is 4.79 Å². The fourth-order valence-corrected chi connectivity index (χ4v) is 2.53. The second kappa shape index (κ2) is 6.62. The number of rotatable bonds is 5. The van der Waals surface area contributed by atoms with Crippen molar-refractivity contribution >= 4 is 21.7 Å². The molecule has 4 heteroatoms. The molecule has 19 heavy (non-hydrogen) atoms. The molecular formula is C15H21BrFNO. The van der Waals surface area contributed by atoms with Gasteiger partial charge >= 0.3 is 0 Å². The molecule has 1 rings (SSSR count). The van der Waals surface area contributed by atoms with Crippen molar-refractivity contribution in [2.45, 2.75) is 46.1 Å². The van der Waals surface area contributed by atoms with Crippen LogP contribution in [0.4, 0.5) is 4.39 Å². The number of hydrogen-bond acceptors (Lipinski definition) is 2. The van der Waals surface area contributed by atoms with Gasteiger partial charge in [-0.25, -0.2) is 4.39 Å². The molecule has 106 valence electrons. The van der Waals surface area contributed by atoms with Crippen molar-refractivity contribution in [1.29, 1.82) is 0 Å². The minimum absolute atomic E-state index is 0.0445. The van der Waals surface area contributed by atoms with Gasteiger partial charge in [0.25, 0.3) is 0 Å². The fraction of sp³-hybridized carbons (Fsp3) is 0.533. The topological polar surface area (TPSA) is 43.1 Å². The van der Waals surface area contributed by atoms with Gasteiger partial charge in [-0.05, 0) is 39.4 Å². The van der Waals surface area contributed by atoms with Crippen molar-refractivity contribution < 1.29 is 9.18 Å². The Morgan fingerprint density at radius 1 is 1.42 bits per heavy atom. The maximum Gasteiger partial charge on any atom is 0.138 e. The molecule has 0 aliphatic heterocycles. The Labute approximate surface area is 122 Å². The molecule has 0 saturated carbocycles. The van der Waals surface area contributed by atoms with E-state index < -0.39 is 0 Å². The second-order valence-electron chi connectivity index (χ2n) is 6.16. The first-order chi connectivity index (χ1) is 8.69. The fourth-order valence-electron chi connectivity index (χ4n) is 2.12. The van der Waals surface area contributed by atoms with E-state index in [1.54, 1.807) is 12.1 Å². The summed E-state index contributed by atoms with van der Waals surface area (Å²) in [5, 5.41) is 0. The molecule has 2 nitrogen and oxygen atoms in total. The summed E-state index contributed by atoms with van der Waals surface area (Å²) in [4.78, 5) is 11.9. The summed E-state index contributed by atoms with van der Waals surface area (Å²) in [6, 6.07) is 4.58. The zero-order chi connectivity index (χ0) is 14.6. The summed E-state index contributed by atoms with van der Waals surface area (Å²) in [5.74, 6) is -0.299. The zero-order valence-electron chi connectivity index (χ0n) is 11.7. The highest BCUT2D eigenvalue weighted by Crippen LogP contribution is 2.23. The first-order valence-electron chi connectivity index (χ1n) is 6.39. The van der Waals surface area contributed by atoms with Crippen LogP contribution in [0.15, 0.2) is 22.7 Å². The van der Waals surface area contributed by atoms with E-state index in [4.69, 9.17) is 5.73 Å². The van der Waals surface area contributed by atoms with Gasteiger partial charge in [0.1, 0.15) is 11.6 Å². The van der Waals surface area contributed by atoms with Crippen LogP contribution in [0.1, 0.15) is 39.2 Å². The zero-order valence-corrected chi connectivity index (χ0v) is 13.3. The standard InChI is InChI=1S/C15H21BrFNO/c1-15(2,3)9-11(18)8-12(19)7-10-5-4-6-13(17)14(10)16/h4-6,11H,7-9,18H2,1-3H3. The van der Waals surface area contributed by atoms with Crippen molar-refractivity contribution in [3.05, 3.63) is 34.1 Å². The van der Waals surface area contributed by atoms with Crippen LogP contribution in [0.25, 0.3) is 0 Å². The Hall–Kier alpha value is -0.740. The summed E-state index contributed by atoms with van der Waals surface area (Å²) in [6.45, 7) is 6.29. The number of ketones is 1. The molecule has 0 bridgehead atoms. The van der Waals surface area contributed by atoms with E-state index in [1.165, 1.54) is 6.07 Å². The number of carbonyl (C=O) groups excluding carboxylic acids is 1. The predicted octanol–water partition coefficient (Wildman–Crippen LogP) is 3.85. The SMILES string of the molecule is CC(C)(C)CC(N)CC(=O)Cc1cccc(F)c1Br. The van der Waals surface area contributed by atoms with Crippen LogP contribution in [-0.2, 0) is 11.2 Å². The van der Waals surface area contributed by atoms with E-state index in [2.05, 4.69) is 36.7 Å². The molecule has 0 amide bonds. The van der Waals surface area contributed by atoms with E-state index >= 15 is 0 Å². The number of halogens is 2. The van der Waals surface area contributed by atoms with E-state index in [-0.39, 0.29) is 29.5 Å². The third-order valence-corrected chi connectivity index (χ3v) is 3.67. The first kappa shape index (κ1) is 16.3. The minimum atomic E-state index is -0.343. The van der Waals surface area contributed by atoms with Gasteiger partial charge in [0, 0.05) is 18.9 Å². The van der Waals surface area contributed by atoms with Crippen molar-refractivity contribution in [2.24, 2.45) is 11.1 Å². The molecule has 0 spiro atoms. The molecule has 0 fully saturated rings. The van der Waals surface area contributed by atoms with Crippen LogP contribution in [0.5, 0.6) is 0 Å². The van der Waals surface area contributed by atoms with Gasteiger partial charge < -0.3 is 5.73 Å². The molecule has 0 aromatic heterocycles. The van der Waals surface area contributed by atoms with Crippen LogP contribution in [0.3, 0.4) is 0 Å². The molecule has 1 unspecified atom stereocenters. The van der Waals surface area contributed by atoms with Gasteiger partial charge in [0.05, 0.1) is 4.47 Å². The molecule has 0 radical (unpaired) electrons. The molecule has 0 aliphatic carbocycles. The normalized spacial score (nSPS) is 13.4. The molecule has 0 heterocycles. The Morgan fingerprint density at radius 3 is 2.63 bits per heavy atom. The van der Waals surface area contributed by atoms with Crippen LogP contribution in [-0.4, -0.2) is 11.8 Å².